The number of nitrogens with zero attached hydrogens (tertiary/aromatic N) is 3. The Balaban J connectivity index is 2.36. The van der Waals surface area contributed by atoms with Crippen LogP contribution < -0.4 is 5.32 Å². The van der Waals surface area contributed by atoms with Crippen molar-refractivity contribution >= 4 is 31.9 Å². The maximum atomic E-state index is 5.39. The lowest BCUT2D eigenvalue weighted by atomic mass is 10.1. The van der Waals surface area contributed by atoms with E-state index >= 15 is 0 Å². The third-order valence-electron chi connectivity index (χ3n) is 3.23. The highest BCUT2D eigenvalue weighted by Crippen LogP contribution is 2.33. The summed E-state index contributed by atoms with van der Waals surface area (Å²) < 4.78 is 9.18. The summed E-state index contributed by atoms with van der Waals surface area (Å²) in [4.78, 5) is 2.15. The molecule has 0 fully saturated rings. The summed E-state index contributed by atoms with van der Waals surface area (Å²) in [7, 11) is 4.12. The fourth-order valence-electron chi connectivity index (χ4n) is 2.20. The van der Waals surface area contributed by atoms with Gasteiger partial charge in [-0.1, -0.05) is 6.92 Å². The number of rotatable bonds is 7. The van der Waals surface area contributed by atoms with Crippen LogP contribution in [0.15, 0.2) is 32.1 Å². The molecule has 0 amide bonds. The van der Waals surface area contributed by atoms with Gasteiger partial charge in [-0.2, -0.15) is 5.10 Å². The van der Waals surface area contributed by atoms with Crippen molar-refractivity contribution < 1.29 is 4.42 Å². The number of aromatic nitrogens is 2. The van der Waals surface area contributed by atoms with Gasteiger partial charge in [-0.15, -0.1) is 0 Å². The Kier molecular flexibility index (Phi) is 6.04. The molecule has 1 atom stereocenters. The lowest BCUT2D eigenvalue weighted by Crippen LogP contribution is -2.27. The Hall–Kier alpha value is -0.630. The molecule has 7 heteroatoms. The minimum absolute atomic E-state index is 0.0298. The summed E-state index contributed by atoms with van der Waals surface area (Å²) in [5, 5.41) is 7.99. The van der Waals surface area contributed by atoms with Gasteiger partial charge < -0.3 is 14.6 Å². The smallest absolute Gasteiger partial charge is 0.174 e. The van der Waals surface area contributed by atoms with E-state index in [0.717, 1.165) is 40.0 Å². The monoisotopic (exact) mass is 418 g/mol. The van der Waals surface area contributed by atoms with Gasteiger partial charge in [0.2, 0.25) is 0 Å². The second-order valence-corrected chi connectivity index (χ2v) is 6.62. The van der Waals surface area contributed by atoms with Gasteiger partial charge in [0.25, 0.3) is 0 Å². The predicted molar refractivity (Wildman–Crippen MR) is 90.4 cm³/mol. The topological polar surface area (TPSA) is 46.2 Å². The van der Waals surface area contributed by atoms with Gasteiger partial charge in [-0.3, -0.25) is 4.68 Å². The maximum Gasteiger partial charge on any atom is 0.174 e. The summed E-state index contributed by atoms with van der Waals surface area (Å²) >= 11 is 7.10. The molecule has 0 bridgehead atoms. The van der Waals surface area contributed by atoms with E-state index in [-0.39, 0.29) is 6.04 Å². The van der Waals surface area contributed by atoms with Crippen LogP contribution >= 0.6 is 31.9 Å². The number of halogens is 2. The van der Waals surface area contributed by atoms with Gasteiger partial charge in [-0.25, -0.2) is 0 Å². The lowest BCUT2D eigenvalue weighted by Gasteiger charge is -2.20. The van der Waals surface area contributed by atoms with Crippen LogP contribution in [-0.4, -0.2) is 41.9 Å². The molecule has 0 radical (unpaired) electrons. The first-order valence-corrected chi connectivity index (χ1v) is 8.45. The van der Waals surface area contributed by atoms with Crippen molar-refractivity contribution in [1.82, 2.24) is 20.0 Å². The van der Waals surface area contributed by atoms with Crippen LogP contribution in [0.1, 0.15) is 24.2 Å². The summed E-state index contributed by atoms with van der Waals surface area (Å²) in [5.41, 5.74) is 2.19. The van der Waals surface area contributed by atoms with Crippen LogP contribution in [0.5, 0.6) is 0 Å². The molecule has 0 aromatic carbocycles. The van der Waals surface area contributed by atoms with Gasteiger partial charge in [-0.05, 0) is 58.6 Å². The van der Waals surface area contributed by atoms with E-state index in [1.165, 1.54) is 0 Å². The molecular weight excluding hydrogens is 400 g/mol. The maximum absolute atomic E-state index is 5.39. The minimum atomic E-state index is 0.0298. The SMILES string of the molecule is CCNC(c1ccoc1Br)c1c(Br)cnn1CCN(C)C. The van der Waals surface area contributed by atoms with Crippen molar-refractivity contribution in [3.05, 3.63) is 38.9 Å². The highest BCUT2D eigenvalue weighted by molar-refractivity contribution is 9.10. The van der Waals surface area contributed by atoms with E-state index in [4.69, 9.17) is 4.42 Å². The average Bonchev–Trinajstić information content (AvgIpc) is 3.00. The molecule has 0 spiro atoms. The number of hydrogen-bond acceptors (Lipinski definition) is 4. The van der Waals surface area contributed by atoms with Crippen LogP contribution in [0.25, 0.3) is 0 Å². The van der Waals surface area contributed by atoms with Crippen molar-refractivity contribution in [2.75, 3.05) is 27.2 Å². The molecule has 21 heavy (non-hydrogen) atoms. The Morgan fingerprint density at radius 2 is 2.19 bits per heavy atom. The van der Waals surface area contributed by atoms with Crippen molar-refractivity contribution in [2.45, 2.75) is 19.5 Å². The molecule has 116 valence electrons. The van der Waals surface area contributed by atoms with Crippen molar-refractivity contribution in [2.24, 2.45) is 0 Å². The minimum Gasteiger partial charge on any atom is -0.457 e. The van der Waals surface area contributed by atoms with E-state index in [2.05, 4.69) is 68.2 Å². The van der Waals surface area contributed by atoms with Crippen LogP contribution in [0, 0.1) is 0 Å². The normalized spacial score (nSPS) is 13.0. The molecule has 1 unspecified atom stereocenters. The third-order valence-corrected chi connectivity index (χ3v) is 4.49. The van der Waals surface area contributed by atoms with Crippen LogP contribution in [0.4, 0.5) is 0 Å². The summed E-state index contributed by atoms with van der Waals surface area (Å²) in [5.74, 6) is 0. The summed E-state index contributed by atoms with van der Waals surface area (Å²) in [6.45, 7) is 4.72. The largest absolute Gasteiger partial charge is 0.457 e. The zero-order chi connectivity index (χ0) is 15.4. The first kappa shape index (κ1) is 16.7. The Labute approximate surface area is 141 Å². The third kappa shape index (κ3) is 3.97. The molecule has 2 aromatic rings. The van der Waals surface area contributed by atoms with Crippen molar-refractivity contribution in [1.29, 1.82) is 0 Å². The number of hydrogen-bond donors (Lipinski definition) is 1. The Morgan fingerprint density at radius 3 is 2.76 bits per heavy atom. The fraction of sp³-hybridized carbons (Fsp3) is 0.500. The first-order valence-electron chi connectivity index (χ1n) is 6.86. The molecule has 0 aliphatic carbocycles. The molecule has 2 heterocycles. The van der Waals surface area contributed by atoms with Crippen LogP contribution in [0.2, 0.25) is 0 Å². The molecule has 1 N–H and O–H groups in total. The standard InChI is InChI=1S/C14H20Br2N4O/c1-4-17-12(10-5-8-21-14(10)16)13-11(15)9-18-20(13)7-6-19(2)3/h5,8-9,12,17H,4,6-7H2,1-3H3. The highest BCUT2D eigenvalue weighted by atomic mass is 79.9. The summed E-state index contributed by atoms with van der Waals surface area (Å²) in [6.07, 6.45) is 3.54. The van der Waals surface area contributed by atoms with E-state index < -0.39 is 0 Å². The molecule has 5 nitrogen and oxygen atoms in total. The molecule has 2 aromatic heterocycles. The molecule has 0 saturated carbocycles. The predicted octanol–water partition coefficient (Wildman–Crippen LogP) is 3.26. The molecule has 0 saturated heterocycles. The van der Waals surface area contributed by atoms with Gasteiger partial charge in [0.15, 0.2) is 4.67 Å². The molecule has 0 aliphatic heterocycles. The second kappa shape index (κ2) is 7.58. The number of likely N-dealkylation sites (N-methyl/N-ethyl adjacent to an activating group) is 1. The molecule has 0 aliphatic rings. The van der Waals surface area contributed by atoms with Crippen LogP contribution in [-0.2, 0) is 6.54 Å². The number of nitrogens with one attached hydrogen (secondary N) is 1. The van der Waals surface area contributed by atoms with E-state index in [9.17, 15) is 0 Å². The van der Waals surface area contributed by atoms with Crippen molar-refractivity contribution in [3.8, 4) is 0 Å². The van der Waals surface area contributed by atoms with Crippen LogP contribution in [0.3, 0.4) is 0 Å². The highest BCUT2D eigenvalue weighted by Gasteiger charge is 2.24. The average molecular weight is 420 g/mol. The zero-order valence-corrected chi connectivity index (χ0v) is 15.6. The second-order valence-electron chi connectivity index (χ2n) is 5.04. The Bertz CT molecular complexity index is 579. The quantitative estimate of drug-likeness (QED) is 0.748. The van der Waals surface area contributed by atoms with E-state index in [0.29, 0.717) is 0 Å². The molecular formula is C14H20Br2N4O. The molecule has 2 rings (SSSR count). The van der Waals surface area contributed by atoms with Gasteiger partial charge in [0, 0.05) is 12.1 Å². The van der Waals surface area contributed by atoms with E-state index in [1.54, 1.807) is 6.26 Å². The van der Waals surface area contributed by atoms with Crippen molar-refractivity contribution in [3.63, 3.8) is 0 Å². The lowest BCUT2D eigenvalue weighted by molar-refractivity contribution is 0.365. The fourth-order valence-corrected chi connectivity index (χ4v) is 3.19. The first-order chi connectivity index (χ1) is 10.0. The van der Waals surface area contributed by atoms with Gasteiger partial charge in [0.1, 0.15) is 0 Å². The van der Waals surface area contributed by atoms with Gasteiger partial charge >= 0.3 is 0 Å². The van der Waals surface area contributed by atoms with Gasteiger partial charge in [0.05, 0.1) is 35.2 Å². The Morgan fingerprint density at radius 1 is 1.43 bits per heavy atom. The van der Waals surface area contributed by atoms with E-state index in [1.807, 2.05) is 16.9 Å². The zero-order valence-electron chi connectivity index (χ0n) is 12.4. The number of furan rings is 1. The summed E-state index contributed by atoms with van der Waals surface area (Å²) in [6, 6.07) is 2.01.